The van der Waals surface area contributed by atoms with Crippen molar-refractivity contribution in [2.45, 2.75) is 33.4 Å². The predicted octanol–water partition coefficient (Wildman–Crippen LogP) is 2.78. The molecule has 134 valence electrons. The van der Waals surface area contributed by atoms with Crippen molar-refractivity contribution in [1.29, 1.82) is 0 Å². The number of hydrogen-bond donors (Lipinski definition) is 3. The molecular formula is C19H25N3O3. The number of para-hydroxylation sites is 1. The lowest BCUT2D eigenvalue weighted by molar-refractivity contribution is -0.120. The van der Waals surface area contributed by atoms with Crippen LogP contribution in [0.5, 0.6) is 0 Å². The zero-order chi connectivity index (χ0) is 18.2. The molecule has 0 aliphatic rings. The summed E-state index contributed by atoms with van der Waals surface area (Å²) in [6, 6.07) is 10.8. The van der Waals surface area contributed by atoms with Gasteiger partial charge < -0.3 is 20.4 Å². The van der Waals surface area contributed by atoms with E-state index in [1.165, 1.54) is 0 Å². The third kappa shape index (κ3) is 5.67. The minimum Gasteiger partial charge on any atom is -0.467 e. The second kappa shape index (κ2) is 8.92. The number of carbonyl (C=O) groups excluding carboxylic acids is 2. The summed E-state index contributed by atoms with van der Waals surface area (Å²) >= 11 is 0. The number of hydrogen-bond acceptors (Lipinski definition) is 4. The Hall–Kier alpha value is -2.76. The molecular weight excluding hydrogens is 318 g/mol. The Bertz CT molecular complexity index is 696. The lowest BCUT2D eigenvalue weighted by Gasteiger charge is -2.18. The Morgan fingerprint density at radius 2 is 1.84 bits per heavy atom. The maximum Gasteiger partial charge on any atom is 0.253 e. The van der Waals surface area contributed by atoms with Crippen LogP contribution in [0.4, 0.5) is 5.69 Å². The zero-order valence-corrected chi connectivity index (χ0v) is 14.8. The van der Waals surface area contributed by atoms with Crippen molar-refractivity contribution in [3.05, 3.63) is 54.0 Å². The van der Waals surface area contributed by atoms with Crippen molar-refractivity contribution >= 4 is 17.5 Å². The van der Waals surface area contributed by atoms with E-state index in [-0.39, 0.29) is 24.4 Å². The summed E-state index contributed by atoms with van der Waals surface area (Å²) < 4.78 is 5.20. The van der Waals surface area contributed by atoms with Crippen molar-refractivity contribution in [2.24, 2.45) is 5.92 Å². The van der Waals surface area contributed by atoms with E-state index in [1.54, 1.807) is 36.6 Å². The molecule has 1 aromatic heterocycles. The van der Waals surface area contributed by atoms with E-state index in [0.29, 0.717) is 29.5 Å². The SMILES string of the molecule is CC(C)C(C)NC(=O)CNc1ccccc1C(=O)NCc1ccco1. The van der Waals surface area contributed by atoms with Gasteiger partial charge in [-0.15, -0.1) is 0 Å². The molecule has 25 heavy (non-hydrogen) atoms. The quantitative estimate of drug-likeness (QED) is 0.688. The Morgan fingerprint density at radius 3 is 2.52 bits per heavy atom. The molecule has 0 aliphatic heterocycles. The van der Waals surface area contributed by atoms with Crippen LogP contribution < -0.4 is 16.0 Å². The lowest BCUT2D eigenvalue weighted by Crippen LogP contribution is -2.39. The second-order valence-corrected chi connectivity index (χ2v) is 6.26. The third-order valence-corrected chi connectivity index (χ3v) is 4.00. The van der Waals surface area contributed by atoms with E-state index in [2.05, 4.69) is 29.8 Å². The molecule has 0 radical (unpaired) electrons. The average Bonchev–Trinajstić information content (AvgIpc) is 3.11. The van der Waals surface area contributed by atoms with E-state index in [9.17, 15) is 9.59 Å². The molecule has 1 atom stereocenters. The predicted molar refractivity (Wildman–Crippen MR) is 97.3 cm³/mol. The summed E-state index contributed by atoms with van der Waals surface area (Å²) in [5, 5.41) is 8.77. The summed E-state index contributed by atoms with van der Waals surface area (Å²) in [5.74, 6) is 0.715. The van der Waals surface area contributed by atoms with Gasteiger partial charge in [-0.05, 0) is 37.1 Å². The number of nitrogens with one attached hydrogen (secondary N) is 3. The number of carbonyl (C=O) groups is 2. The van der Waals surface area contributed by atoms with E-state index < -0.39 is 0 Å². The summed E-state index contributed by atoms with van der Waals surface area (Å²) in [6.07, 6.45) is 1.56. The van der Waals surface area contributed by atoms with Crippen molar-refractivity contribution in [3.63, 3.8) is 0 Å². The third-order valence-electron chi connectivity index (χ3n) is 4.00. The van der Waals surface area contributed by atoms with Crippen LogP contribution in [-0.4, -0.2) is 24.4 Å². The highest BCUT2D eigenvalue weighted by Gasteiger charge is 2.14. The molecule has 0 bridgehead atoms. The largest absolute Gasteiger partial charge is 0.467 e. The van der Waals surface area contributed by atoms with Crippen LogP contribution in [0.3, 0.4) is 0 Å². The van der Waals surface area contributed by atoms with Gasteiger partial charge in [-0.1, -0.05) is 26.0 Å². The highest BCUT2D eigenvalue weighted by molar-refractivity contribution is 6.00. The Kier molecular flexibility index (Phi) is 6.62. The molecule has 1 heterocycles. The maximum absolute atomic E-state index is 12.4. The number of benzene rings is 1. The topological polar surface area (TPSA) is 83.4 Å². The molecule has 2 aromatic rings. The summed E-state index contributed by atoms with van der Waals surface area (Å²) in [7, 11) is 0. The first-order valence-electron chi connectivity index (χ1n) is 8.40. The fourth-order valence-corrected chi connectivity index (χ4v) is 2.16. The Morgan fingerprint density at radius 1 is 1.08 bits per heavy atom. The van der Waals surface area contributed by atoms with Crippen molar-refractivity contribution < 1.29 is 14.0 Å². The van der Waals surface area contributed by atoms with Gasteiger partial charge in [0.05, 0.1) is 24.9 Å². The van der Waals surface area contributed by atoms with Crippen LogP contribution >= 0.6 is 0 Å². The van der Waals surface area contributed by atoms with Crippen molar-refractivity contribution in [2.75, 3.05) is 11.9 Å². The molecule has 2 amide bonds. The lowest BCUT2D eigenvalue weighted by atomic mass is 10.1. The van der Waals surface area contributed by atoms with Gasteiger partial charge in [0.2, 0.25) is 5.91 Å². The first kappa shape index (κ1) is 18.6. The minimum atomic E-state index is -0.226. The van der Waals surface area contributed by atoms with Gasteiger partial charge in [0, 0.05) is 11.7 Å². The maximum atomic E-state index is 12.4. The molecule has 0 saturated carbocycles. The van der Waals surface area contributed by atoms with Crippen LogP contribution in [0.25, 0.3) is 0 Å². The summed E-state index contributed by atoms with van der Waals surface area (Å²) in [6.45, 7) is 6.50. The molecule has 3 N–H and O–H groups in total. The van der Waals surface area contributed by atoms with E-state index in [1.807, 2.05) is 13.0 Å². The van der Waals surface area contributed by atoms with Crippen LogP contribution in [0.15, 0.2) is 47.1 Å². The fraction of sp³-hybridized carbons (Fsp3) is 0.368. The van der Waals surface area contributed by atoms with E-state index >= 15 is 0 Å². The second-order valence-electron chi connectivity index (χ2n) is 6.26. The van der Waals surface area contributed by atoms with Gasteiger partial charge in [0.25, 0.3) is 5.91 Å². The molecule has 2 rings (SSSR count). The average molecular weight is 343 g/mol. The van der Waals surface area contributed by atoms with Gasteiger partial charge in [0.15, 0.2) is 0 Å². The Balaban J connectivity index is 1.93. The summed E-state index contributed by atoms with van der Waals surface area (Å²) in [4.78, 5) is 24.4. The minimum absolute atomic E-state index is 0.0983. The molecule has 0 fully saturated rings. The number of furan rings is 1. The van der Waals surface area contributed by atoms with Gasteiger partial charge in [-0.3, -0.25) is 9.59 Å². The highest BCUT2D eigenvalue weighted by Crippen LogP contribution is 2.15. The van der Waals surface area contributed by atoms with Gasteiger partial charge in [0.1, 0.15) is 5.76 Å². The van der Waals surface area contributed by atoms with Crippen LogP contribution in [-0.2, 0) is 11.3 Å². The van der Waals surface area contributed by atoms with E-state index in [0.717, 1.165) is 0 Å². The van der Waals surface area contributed by atoms with Crippen LogP contribution in [0.1, 0.15) is 36.9 Å². The molecule has 1 aromatic carbocycles. The van der Waals surface area contributed by atoms with Gasteiger partial charge in [-0.2, -0.15) is 0 Å². The van der Waals surface area contributed by atoms with Crippen molar-refractivity contribution in [3.8, 4) is 0 Å². The van der Waals surface area contributed by atoms with E-state index in [4.69, 9.17) is 4.42 Å². The zero-order valence-electron chi connectivity index (χ0n) is 14.8. The standard InChI is InChI=1S/C19H25N3O3/c1-13(2)14(3)22-18(23)12-20-17-9-5-4-8-16(17)19(24)21-11-15-7-6-10-25-15/h4-10,13-14,20H,11-12H2,1-3H3,(H,21,24)(H,22,23). The van der Waals surface area contributed by atoms with Gasteiger partial charge >= 0.3 is 0 Å². The number of rotatable bonds is 8. The fourth-order valence-electron chi connectivity index (χ4n) is 2.16. The number of anilines is 1. The van der Waals surface area contributed by atoms with Crippen molar-refractivity contribution in [1.82, 2.24) is 10.6 Å². The first-order valence-corrected chi connectivity index (χ1v) is 8.40. The molecule has 0 saturated heterocycles. The molecule has 1 unspecified atom stereocenters. The Labute approximate surface area is 148 Å². The van der Waals surface area contributed by atoms with Crippen LogP contribution in [0.2, 0.25) is 0 Å². The monoisotopic (exact) mass is 343 g/mol. The first-order chi connectivity index (χ1) is 12.0. The smallest absolute Gasteiger partial charge is 0.253 e. The summed E-state index contributed by atoms with van der Waals surface area (Å²) in [5.41, 5.74) is 1.10. The highest BCUT2D eigenvalue weighted by atomic mass is 16.3. The van der Waals surface area contributed by atoms with Crippen LogP contribution in [0, 0.1) is 5.92 Å². The van der Waals surface area contributed by atoms with Gasteiger partial charge in [-0.25, -0.2) is 0 Å². The number of amides is 2. The molecule has 0 spiro atoms. The normalized spacial score (nSPS) is 11.8. The molecule has 6 heteroatoms. The molecule has 6 nitrogen and oxygen atoms in total. The molecule has 0 aliphatic carbocycles.